The van der Waals surface area contributed by atoms with Gasteiger partial charge in [-0.25, -0.2) is 0 Å². The van der Waals surface area contributed by atoms with Crippen LogP contribution in [0, 0.1) is 17.8 Å². The monoisotopic (exact) mass is 383 g/mol. The topological polar surface area (TPSA) is 52.7 Å². The zero-order valence-corrected chi connectivity index (χ0v) is 17.1. The molecule has 1 aromatic rings. The Morgan fingerprint density at radius 2 is 1.82 bits per heavy atom. The molecule has 5 nitrogen and oxygen atoms in total. The van der Waals surface area contributed by atoms with E-state index < -0.39 is 0 Å². The Morgan fingerprint density at radius 1 is 1.11 bits per heavy atom. The second-order valence-electron chi connectivity index (χ2n) is 8.36. The van der Waals surface area contributed by atoms with E-state index >= 15 is 0 Å². The number of carbonyl (C=O) groups excluding carboxylic acids is 2. The second kappa shape index (κ2) is 9.87. The van der Waals surface area contributed by atoms with Crippen LogP contribution in [0.15, 0.2) is 36.4 Å². The summed E-state index contributed by atoms with van der Waals surface area (Å²) in [6, 6.07) is 10.3. The molecule has 0 bridgehead atoms. The molecule has 2 unspecified atom stereocenters. The molecule has 152 valence electrons. The minimum Gasteiger partial charge on any atom is -0.356 e. The lowest BCUT2D eigenvalue weighted by Crippen LogP contribution is -2.49. The summed E-state index contributed by atoms with van der Waals surface area (Å²) < 4.78 is 0. The average molecular weight is 384 g/mol. The fourth-order valence-corrected chi connectivity index (χ4v) is 3.66. The Kier molecular flexibility index (Phi) is 7.26. The Balaban J connectivity index is 1.35. The van der Waals surface area contributed by atoms with Crippen molar-refractivity contribution in [1.82, 2.24) is 15.1 Å². The standard InChI is InChI=1S/C23H33N3O2/c1-18(2)10-11-24-22(27)20-17-21(20)23(28)26-15-13-25(14-16-26)12-6-9-19-7-4-3-5-8-19/h3-9,18,20-21H,10-17H2,1-2H3,(H,24,27)/b9-6+. The van der Waals surface area contributed by atoms with Crippen molar-refractivity contribution in [3.05, 3.63) is 42.0 Å². The highest BCUT2D eigenvalue weighted by Crippen LogP contribution is 2.40. The van der Waals surface area contributed by atoms with Crippen molar-refractivity contribution in [2.24, 2.45) is 17.8 Å². The van der Waals surface area contributed by atoms with E-state index in [4.69, 9.17) is 0 Å². The second-order valence-corrected chi connectivity index (χ2v) is 8.36. The maximum Gasteiger partial charge on any atom is 0.226 e. The SMILES string of the molecule is CC(C)CCNC(=O)C1CC1C(=O)N1CCN(C/C=C/c2ccccc2)CC1. The fraction of sp³-hybridized carbons (Fsp3) is 0.565. The van der Waals surface area contributed by atoms with Crippen molar-refractivity contribution in [3.8, 4) is 0 Å². The molecule has 28 heavy (non-hydrogen) atoms. The number of amides is 2. The van der Waals surface area contributed by atoms with E-state index in [0.717, 1.165) is 39.1 Å². The van der Waals surface area contributed by atoms with Crippen LogP contribution in [0.4, 0.5) is 0 Å². The first-order chi connectivity index (χ1) is 13.5. The predicted molar refractivity (Wildman–Crippen MR) is 113 cm³/mol. The molecule has 2 amide bonds. The summed E-state index contributed by atoms with van der Waals surface area (Å²) >= 11 is 0. The lowest BCUT2D eigenvalue weighted by atomic mass is 10.1. The highest BCUT2D eigenvalue weighted by molar-refractivity contribution is 5.92. The molecule has 1 aliphatic heterocycles. The number of carbonyl (C=O) groups is 2. The number of benzene rings is 1. The van der Waals surface area contributed by atoms with Crippen LogP contribution < -0.4 is 5.32 Å². The van der Waals surface area contributed by atoms with Crippen LogP contribution in [-0.4, -0.2) is 60.9 Å². The van der Waals surface area contributed by atoms with Gasteiger partial charge in [0.2, 0.25) is 11.8 Å². The molecule has 1 heterocycles. The summed E-state index contributed by atoms with van der Waals surface area (Å²) in [5.41, 5.74) is 1.21. The normalized spacial score (nSPS) is 22.6. The van der Waals surface area contributed by atoms with Crippen LogP contribution in [0.25, 0.3) is 6.08 Å². The van der Waals surface area contributed by atoms with Gasteiger partial charge in [-0.3, -0.25) is 14.5 Å². The molecule has 1 N–H and O–H groups in total. The van der Waals surface area contributed by atoms with Gasteiger partial charge < -0.3 is 10.2 Å². The minimum atomic E-state index is -0.105. The molecule has 2 aliphatic rings. The smallest absolute Gasteiger partial charge is 0.226 e. The van der Waals surface area contributed by atoms with Crippen LogP contribution >= 0.6 is 0 Å². The van der Waals surface area contributed by atoms with Gasteiger partial charge in [-0.2, -0.15) is 0 Å². The first-order valence-electron chi connectivity index (χ1n) is 10.5. The average Bonchev–Trinajstić information content (AvgIpc) is 3.49. The lowest BCUT2D eigenvalue weighted by Gasteiger charge is -2.34. The Bertz CT molecular complexity index is 678. The first kappa shape index (κ1) is 20.6. The summed E-state index contributed by atoms with van der Waals surface area (Å²) in [4.78, 5) is 29.2. The Labute approximate surface area is 168 Å². The van der Waals surface area contributed by atoms with E-state index in [9.17, 15) is 9.59 Å². The zero-order valence-electron chi connectivity index (χ0n) is 17.1. The van der Waals surface area contributed by atoms with Crippen molar-refractivity contribution in [2.75, 3.05) is 39.3 Å². The van der Waals surface area contributed by atoms with Crippen LogP contribution in [0.3, 0.4) is 0 Å². The van der Waals surface area contributed by atoms with Crippen molar-refractivity contribution in [3.63, 3.8) is 0 Å². The van der Waals surface area contributed by atoms with Gasteiger partial charge in [0.25, 0.3) is 0 Å². The third-order valence-corrected chi connectivity index (χ3v) is 5.62. The van der Waals surface area contributed by atoms with E-state index in [1.165, 1.54) is 5.56 Å². The molecule has 1 aliphatic carbocycles. The van der Waals surface area contributed by atoms with Gasteiger partial charge in [-0.05, 0) is 24.3 Å². The number of rotatable bonds is 8. The Hall–Kier alpha value is -2.14. The number of nitrogens with one attached hydrogen (secondary N) is 1. The van der Waals surface area contributed by atoms with Gasteiger partial charge in [0.1, 0.15) is 0 Å². The van der Waals surface area contributed by atoms with Gasteiger partial charge in [0.15, 0.2) is 0 Å². The molecule has 0 aromatic heterocycles. The third kappa shape index (κ3) is 5.93. The molecule has 1 saturated heterocycles. The van der Waals surface area contributed by atoms with Crippen molar-refractivity contribution < 1.29 is 9.59 Å². The summed E-state index contributed by atoms with van der Waals surface area (Å²) in [6.07, 6.45) is 6.03. The van der Waals surface area contributed by atoms with E-state index in [0.29, 0.717) is 18.9 Å². The van der Waals surface area contributed by atoms with E-state index in [2.05, 4.69) is 48.3 Å². The maximum absolute atomic E-state index is 12.7. The molecular weight excluding hydrogens is 350 g/mol. The summed E-state index contributed by atoms with van der Waals surface area (Å²) in [5, 5.41) is 2.98. The van der Waals surface area contributed by atoms with Gasteiger partial charge >= 0.3 is 0 Å². The summed E-state index contributed by atoms with van der Waals surface area (Å²) in [5.74, 6) is 0.609. The third-order valence-electron chi connectivity index (χ3n) is 5.62. The van der Waals surface area contributed by atoms with Gasteiger partial charge in [-0.1, -0.05) is 56.3 Å². The highest BCUT2D eigenvalue weighted by atomic mass is 16.2. The molecule has 5 heteroatoms. The molecule has 0 radical (unpaired) electrons. The van der Waals surface area contributed by atoms with Crippen molar-refractivity contribution in [1.29, 1.82) is 0 Å². The Morgan fingerprint density at radius 3 is 2.50 bits per heavy atom. The van der Waals surface area contributed by atoms with Crippen LogP contribution in [0.5, 0.6) is 0 Å². The van der Waals surface area contributed by atoms with E-state index in [1.807, 2.05) is 23.1 Å². The largest absolute Gasteiger partial charge is 0.356 e. The molecule has 2 fully saturated rings. The quantitative estimate of drug-likeness (QED) is 0.751. The first-order valence-corrected chi connectivity index (χ1v) is 10.5. The summed E-state index contributed by atoms with van der Waals surface area (Å²) in [7, 11) is 0. The van der Waals surface area contributed by atoms with Crippen LogP contribution in [0.2, 0.25) is 0 Å². The van der Waals surface area contributed by atoms with Gasteiger partial charge in [-0.15, -0.1) is 0 Å². The maximum atomic E-state index is 12.7. The molecule has 0 spiro atoms. The number of nitrogens with zero attached hydrogens (tertiary/aromatic N) is 2. The number of piperazine rings is 1. The lowest BCUT2D eigenvalue weighted by molar-refractivity contribution is -0.136. The predicted octanol–water partition coefficient (Wildman–Crippen LogP) is 2.64. The highest BCUT2D eigenvalue weighted by Gasteiger charge is 2.49. The minimum absolute atomic E-state index is 0.0590. The summed E-state index contributed by atoms with van der Waals surface area (Å²) in [6.45, 7) is 9.21. The molecular formula is C23H33N3O2. The number of hydrogen-bond acceptors (Lipinski definition) is 3. The molecule has 3 rings (SSSR count). The molecule has 1 saturated carbocycles. The zero-order chi connectivity index (χ0) is 19.9. The van der Waals surface area contributed by atoms with E-state index in [-0.39, 0.29) is 23.7 Å². The fourth-order valence-electron chi connectivity index (χ4n) is 3.66. The van der Waals surface area contributed by atoms with Crippen LogP contribution in [-0.2, 0) is 9.59 Å². The van der Waals surface area contributed by atoms with Crippen LogP contribution in [0.1, 0.15) is 32.3 Å². The van der Waals surface area contributed by atoms with E-state index in [1.54, 1.807) is 0 Å². The number of hydrogen-bond donors (Lipinski definition) is 1. The molecule has 1 aromatic carbocycles. The van der Waals surface area contributed by atoms with Gasteiger partial charge in [0.05, 0.1) is 11.8 Å². The molecule has 2 atom stereocenters. The van der Waals surface area contributed by atoms with Crippen molar-refractivity contribution >= 4 is 17.9 Å². The van der Waals surface area contributed by atoms with Gasteiger partial charge in [0, 0.05) is 39.3 Å². The van der Waals surface area contributed by atoms with Crippen molar-refractivity contribution in [2.45, 2.75) is 26.7 Å².